The van der Waals surface area contributed by atoms with Gasteiger partial charge in [0.25, 0.3) is 0 Å². The number of ether oxygens (including phenoxy) is 1. The lowest BCUT2D eigenvalue weighted by Crippen LogP contribution is -2.48. The van der Waals surface area contributed by atoms with Crippen molar-refractivity contribution in [1.82, 2.24) is 5.32 Å². The Morgan fingerprint density at radius 3 is 2.38 bits per heavy atom. The van der Waals surface area contributed by atoms with Crippen molar-refractivity contribution < 1.29 is 14.3 Å². The SMILES string of the molecule is CCC(NC(C)C(N)=O)C(=O)OC. The zero-order valence-electron chi connectivity index (χ0n) is 8.16. The number of nitrogens with one attached hydrogen (secondary N) is 1. The molecule has 0 radical (unpaired) electrons. The maximum absolute atomic E-state index is 11.1. The highest BCUT2D eigenvalue weighted by molar-refractivity contribution is 5.81. The van der Waals surface area contributed by atoms with E-state index in [4.69, 9.17) is 5.73 Å². The molecule has 3 N–H and O–H groups in total. The zero-order chi connectivity index (χ0) is 10.4. The fraction of sp³-hybridized carbons (Fsp3) is 0.750. The number of nitrogens with two attached hydrogens (primary N) is 1. The molecule has 0 rings (SSSR count). The molecule has 0 bridgehead atoms. The van der Waals surface area contributed by atoms with E-state index in [2.05, 4.69) is 10.1 Å². The lowest BCUT2D eigenvalue weighted by Gasteiger charge is -2.17. The first-order valence-electron chi connectivity index (χ1n) is 4.16. The first-order chi connectivity index (χ1) is 6.02. The highest BCUT2D eigenvalue weighted by atomic mass is 16.5. The molecule has 0 aromatic rings. The molecule has 0 spiro atoms. The molecular formula is C8H16N2O3. The van der Waals surface area contributed by atoms with E-state index < -0.39 is 18.0 Å². The third kappa shape index (κ3) is 3.89. The van der Waals surface area contributed by atoms with E-state index >= 15 is 0 Å². The van der Waals surface area contributed by atoms with E-state index in [1.807, 2.05) is 6.92 Å². The van der Waals surface area contributed by atoms with Crippen molar-refractivity contribution in [1.29, 1.82) is 0 Å². The van der Waals surface area contributed by atoms with E-state index in [-0.39, 0.29) is 5.97 Å². The molecule has 13 heavy (non-hydrogen) atoms. The highest BCUT2D eigenvalue weighted by Crippen LogP contribution is 1.95. The van der Waals surface area contributed by atoms with Crippen LogP contribution in [0.4, 0.5) is 0 Å². The molecule has 5 nitrogen and oxygen atoms in total. The van der Waals surface area contributed by atoms with Crippen LogP contribution in [0.3, 0.4) is 0 Å². The summed E-state index contributed by atoms with van der Waals surface area (Å²) in [5.41, 5.74) is 5.03. The minimum atomic E-state index is -0.524. The van der Waals surface area contributed by atoms with Crippen LogP contribution in [-0.4, -0.2) is 31.1 Å². The molecule has 2 atom stereocenters. The van der Waals surface area contributed by atoms with Gasteiger partial charge in [0.1, 0.15) is 6.04 Å². The van der Waals surface area contributed by atoms with Crippen LogP contribution in [0.1, 0.15) is 20.3 Å². The molecular weight excluding hydrogens is 172 g/mol. The van der Waals surface area contributed by atoms with E-state index in [0.29, 0.717) is 6.42 Å². The molecule has 5 heteroatoms. The van der Waals surface area contributed by atoms with Gasteiger partial charge in [-0.05, 0) is 13.3 Å². The second kappa shape index (κ2) is 5.53. The molecule has 76 valence electrons. The molecule has 0 aliphatic rings. The number of esters is 1. The molecule has 0 aromatic heterocycles. The summed E-state index contributed by atoms with van der Waals surface area (Å²) in [7, 11) is 1.31. The third-order valence-electron chi connectivity index (χ3n) is 1.77. The van der Waals surface area contributed by atoms with Gasteiger partial charge in [0, 0.05) is 0 Å². The number of methoxy groups -OCH3 is 1. The maximum Gasteiger partial charge on any atom is 0.322 e. The highest BCUT2D eigenvalue weighted by Gasteiger charge is 2.20. The van der Waals surface area contributed by atoms with Gasteiger partial charge < -0.3 is 10.5 Å². The number of amides is 1. The first kappa shape index (κ1) is 11.9. The minimum Gasteiger partial charge on any atom is -0.468 e. The second-order valence-electron chi connectivity index (χ2n) is 2.77. The van der Waals surface area contributed by atoms with Gasteiger partial charge in [-0.2, -0.15) is 0 Å². The number of carbonyl (C=O) groups is 2. The van der Waals surface area contributed by atoms with Crippen LogP contribution in [0.2, 0.25) is 0 Å². The summed E-state index contributed by atoms with van der Waals surface area (Å²) >= 11 is 0. The Labute approximate surface area is 77.6 Å². The molecule has 0 aliphatic carbocycles. The minimum absolute atomic E-state index is 0.379. The normalized spacial score (nSPS) is 14.7. The smallest absolute Gasteiger partial charge is 0.322 e. The fourth-order valence-corrected chi connectivity index (χ4v) is 0.879. The maximum atomic E-state index is 11.1. The van der Waals surface area contributed by atoms with E-state index in [0.717, 1.165) is 0 Å². The Balaban J connectivity index is 4.12. The summed E-state index contributed by atoms with van der Waals surface area (Å²) < 4.78 is 4.53. The molecule has 0 aliphatic heterocycles. The van der Waals surface area contributed by atoms with Crippen molar-refractivity contribution in [3.8, 4) is 0 Å². The predicted octanol–water partition coefficient (Wildman–Crippen LogP) is -0.599. The van der Waals surface area contributed by atoms with Crippen LogP contribution in [0.15, 0.2) is 0 Å². The van der Waals surface area contributed by atoms with Crippen molar-refractivity contribution in [3.05, 3.63) is 0 Å². The molecule has 0 heterocycles. The summed E-state index contributed by atoms with van der Waals surface area (Å²) in [6, 6.07) is -0.989. The average Bonchev–Trinajstić information content (AvgIpc) is 2.12. The van der Waals surface area contributed by atoms with Crippen molar-refractivity contribution in [2.45, 2.75) is 32.4 Å². The monoisotopic (exact) mass is 188 g/mol. The van der Waals surface area contributed by atoms with Gasteiger partial charge in [0.05, 0.1) is 13.2 Å². The molecule has 0 saturated carbocycles. The quantitative estimate of drug-likeness (QED) is 0.564. The van der Waals surface area contributed by atoms with Crippen LogP contribution in [0, 0.1) is 0 Å². The molecule has 0 saturated heterocycles. The van der Waals surface area contributed by atoms with Gasteiger partial charge in [0.2, 0.25) is 5.91 Å². The number of carbonyl (C=O) groups excluding carboxylic acids is 2. The molecule has 2 unspecified atom stereocenters. The van der Waals surface area contributed by atoms with Gasteiger partial charge in [-0.1, -0.05) is 6.92 Å². The molecule has 0 fully saturated rings. The third-order valence-corrected chi connectivity index (χ3v) is 1.77. The van der Waals surface area contributed by atoms with Gasteiger partial charge in [0.15, 0.2) is 0 Å². The second-order valence-corrected chi connectivity index (χ2v) is 2.77. The number of rotatable bonds is 5. The Hall–Kier alpha value is -1.10. The van der Waals surface area contributed by atoms with E-state index in [9.17, 15) is 9.59 Å². The number of hydrogen-bond acceptors (Lipinski definition) is 4. The fourth-order valence-electron chi connectivity index (χ4n) is 0.879. The predicted molar refractivity (Wildman–Crippen MR) is 47.9 cm³/mol. The average molecular weight is 188 g/mol. The van der Waals surface area contributed by atoms with Crippen molar-refractivity contribution in [2.24, 2.45) is 5.73 Å². The van der Waals surface area contributed by atoms with Crippen LogP contribution in [0.5, 0.6) is 0 Å². The summed E-state index contributed by atoms with van der Waals surface area (Å²) in [5, 5.41) is 2.77. The standard InChI is InChI=1S/C8H16N2O3/c1-4-6(8(12)13-3)10-5(2)7(9)11/h5-6,10H,4H2,1-3H3,(H2,9,11). The topological polar surface area (TPSA) is 81.4 Å². The molecule has 1 amide bonds. The summed E-state index contributed by atoms with van der Waals surface area (Å²) in [6.45, 7) is 3.43. The Bertz CT molecular complexity index is 194. The van der Waals surface area contributed by atoms with Crippen molar-refractivity contribution >= 4 is 11.9 Å². The lowest BCUT2D eigenvalue weighted by molar-refractivity contribution is -0.143. The van der Waals surface area contributed by atoms with Gasteiger partial charge >= 0.3 is 5.97 Å². The van der Waals surface area contributed by atoms with Crippen LogP contribution in [-0.2, 0) is 14.3 Å². The van der Waals surface area contributed by atoms with Crippen LogP contribution < -0.4 is 11.1 Å². The van der Waals surface area contributed by atoms with Gasteiger partial charge in [-0.25, -0.2) is 0 Å². The zero-order valence-corrected chi connectivity index (χ0v) is 8.16. The summed E-state index contributed by atoms with van der Waals surface area (Å²) in [5.74, 6) is -0.863. The van der Waals surface area contributed by atoms with Crippen molar-refractivity contribution in [2.75, 3.05) is 7.11 Å². The number of primary amides is 1. The first-order valence-corrected chi connectivity index (χ1v) is 4.16. The molecule has 0 aromatic carbocycles. The Morgan fingerprint density at radius 1 is 1.54 bits per heavy atom. The van der Waals surface area contributed by atoms with Gasteiger partial charge in [-0.15, -0.1) is 0 Å². The largest absolute Gasteiger partial charge is 0.468 e. The van der Waals surface area contributed by atoms with E-state index in [1.54, 1.807) is 6.92 Å². The van der Waals surface area contributed by atoms with Crippen LogP contribution in [0.25, 0.3) is 0 Å². The Morgan fingerprint density at radius 2 is 2.08 bits per heavy atom. The van der Waals surface area contributed by atoms with Crippen molar-refractivity contribution in [3.63, 3.8) is 0 Å². The summed E-state index contributed by atoms with van der Waals surface area (Å²) in [4.78, 5) is 21.7. The Kier molecular flexibility index (Phi) is 5.06. The van der Waals surface area contributed by atoms with Crippen LogP contribution >= 0.6 is 0 Å². The summed E-state index contributed by atoms with van der Waals surface area (Å²) in [6.07, 6.45) is 0.560. The van der Waals surface area contributed by atoms with Gasteiger partial charge in [-0.3, -0.25) is 14.9 Å². The van der Waals surface area contributed by atoms with E-state index in [1.165, 1.54) is 7.11 Å². The number of hydrogen-bond donors (Lipinski definition) is 2. The lowest BCUT2D eigenvalue weighted by atomic mass is 10.2.